The monoisotopic (exact) mass is 354 g/mol. The fraction of sp³-hybridized carbons (Fsp3) is 0.357. The number of β-lactam (4-membered cyclic amide) rings is 1. The van der Waals surface area contributed by atoms with Gasteiger partial charge in [-0.3, -0.25) is 9.59 Å². The van der Waals surface area contributed by atoms with E-state index in [0.717, 1.165) is 4.88 Å². The topological polar surface area (TPSA) is 107 Å². The van der Waals surface area contributed by atoms with E-state index in [9.17, 15) is 24.6 Å². The lowest BCUT2D eigenvalue weighted by Crippen LogP contribution is -2.74. The third-order valence-electron chi connectivity index (χ3n) is 3.72. The van der Waals surface area contributed by atoms with Crippen molar-refractivity contribution in [3.8, 4) is 0 Å². The number of aliphatic carboxylic acids is 1. The minimum absolute atomic E-state index is 0.193. The van der Waals surface area contributed by atoms with Crippen molar-refractivity contribution in [2.24, 2.45) is 0 Å². The quantitative estimate of drug-likeness (QED) is 0.644. The molecule has 0 spiro atoms. The summed E-state index contributed by atoms with van der Waals surface area (Å²) in [4.78, 5) is 37.7. The predicted octanol–water partition coefficient (Wildman–Crippen LogP) is 0.0199. The van der Waals surface area contributed by atoms with E-state index in [1.807, 2.05) is 17.5 Å². The van der Waals surface area contributed by atoms with Crippen molar-refractivity contribution in [3.63, 3.8) is 0 Å². The van der Waals surface area contributed by atoms with Gasteiger partial charge in [0.2, 0.25) is 11.8 Å². The molecule has 0 bridgehead atoms. The van der Waals surface area contributed by atoms with Crippen LogP contribution < -0.4 is 5.32 Å². The molecule has 1 saturated heterocycles. The number of thioether (sulfide) groups is 1. The number of carbonyl (C=O) groups is 3. The Morgan fingerprint density at radius 1 is 1.39 bits per heavy atom. The van der Waals surface area contributed by atoms with E-state index in [-0.39, 0.29) is 17.9 Å². The summed E-state index contributed by atoms with van der Waals surface area (Å²) in [7, 11) is 0. The van der Waals surface area contributed by atoms with Gasteiger partial charge in [-0.25, -0.2) is 4.79 Å². The Hall–Kier alpha value is -1.84. The van der Waals surface area contributed by atoms with Crippen LogP contribution in [0, 0.1) is 0 Å². The van der Waals surface area contributed by atoms with Gasteiger partial charge in [0, 0.05) is 4.88 Å². The zero-order chi connectivity index (χ0) is 16.6. The molecular formula is C14H14N2O5S2. The first-order valence-corrected chi connectivity index (χ1v) is 8.67. The number of nitrogens with one attached hydrogen (secondary N) is 1. The molecule has 2 aliphatic rings. The second-order valence-electron chi connectivity index (χ2n) is 5.17. The largest absolute Gasteiger partial charge is 0.479 e. The number of carboxylic acid groups (broad SMARTS) is 1. The van der Waals surface area contributed by atoms with Gasteiger partial charge >= 0.3 is 5.97 Å². The number of hydrogen-bond donors (Lipinski definition) is 3. The van der Waals surface area contributed by atoms with Crippen molar-refractivity contribution >= 4 is 40.9 Å². The van der Waals surface area contributed by atoms with Crippen molar-refractivity contribution in [3.05, 3.63) is 33.4 Å². The Kier molecular flexibility index (Phi) is 4.42. The molecule has 3 N–H and O–H groups in total. The van der Waals surface area contributed by atoms with Crippen LogP contribution in [0.5, 0.6) is 0 Å². The first-order chi connectivity index (χ1) is 11.0. The molecule has 23 heavy (non-hydrogen) atoms. The first kappa shape index (κ1) is 16.0. The molecule has 0 radical (unpaired) electrons. The Balaban J connectivity index is 1.68. The molecule has 0 saturated carbocycles. The van der Waals surface area contributed by atoms with Gasteiger partial charge in [-0.05, 0) is 22.4 Å². The van der Waals surface area contributed by atoms with Gasteiger partial charge in [-0.15, -0.1) is 23.1 Å². The van der Waals surface area contributed by atoms with Crippen LogP contribution in [-0.2, 0) is 20.8 Å². The Labute approximate surface area is 140 Å². The Bertz CT molecular complexity index is 673. The Morgan fingerprint density at radius 2 is 2.17 bits per heavy atom. The number of aliphatic hydroxyl groups is 1. The van der Waals surface area contributed by atoms with Gasteiger partial charge in [-0.1, -0.05) is 6.07 Å². The summed E-state index contributed by atoms with van der Waals surface area (Å²) in [6.07, 6.45) is 0.193. The van der Waals surface area contributed by atoms with E-state index in [4.69, 9.17) is 0 Å². The Morgan fingerprint density at radius 3 is 2.78 bits per heavy atom. The molecule has 3 rings (SSSR count). The van der Waals surface area contributed by atoms with Crippen LogP contribution in [0.2, 0.25) is 0 Å². The number of rotatable bonds is 5. The second kappa shape index (κ2) is 6.34. The number of carboxylic acids is 1. The molecule has 0 aromatic carbocycles. The standard InChI is InChI=1S/C14H14N2O5S2/c17-5-7-6-23-13-10(12(19)16(13)11(7)14(20)21)15-9(18)4-8-2-1-3-22-8/h1-3,6,10-11,13,17H,4-5H2,(H,15,18)(H,20,21)/t10-,11-,13-/m1/s1. The summed E-state index contributed by atoms with van der Waals surface area (Å²) in [6.45, 7) is -0.421. The highest BCUT2D eigenvalue weighted by molar-refractivity contribution is 8.02. The molecule has 2 aliphatic heterocycles. The van der Waals surface area contributed by atoms with Crippen LogP contribution in [0.1, 0.15) is 4.88 Å². The highest BCUT2D eigenvalue weighted by atomic mass is 32.2. The number of fused-ring (bicyclic) bond motifs is 1. The van der Waals surface area contributed by atoms with Crippen molar-refractivity contribution in [2.45, 2.75) is 23.9 Å². The molecule has 0 unspecified atom stereocenters. The molecule has 0 aliphatic carbocycles. The minimum atomic E-state index is -1.19. The van der Waals surface area contributed by atoms with Gasteiger partial charge in [0.15, 0.2) is 6.04 Å². The molecular weight excluding hydrogens is 340 g/mol. The summed E-state index contributed by atoms with van der Waals surface area (Å²) in [5.74, 6) is -1.89. The fourth-order valence-corrected chi connectivity index (χ4v) is 4.55. The first-order valence-electron chi connectivity index (χ1n) is 6.85. The van der Waals surface area contributed by atoms with Gasteiger partial charge in [-0.2, -0.15) is 0 Å². The van der Waals surface area contributed by atoms with Crippen LogP contribution in [0.25, 0.3) is 0 Å². The van der Waals surface area contributed by atoms with Crippen LogP contribution in [0.3, 0.4) is 0 Å². The highest BCUT2D eigenvalue weighted by Gasteiger charge is 2.55. The van der Waals surface area contributed by atoms with Gasteiger partial charge in [0.1, 0.15) is 11.4 Å². The molecule has 9 heteroatoms. The van der Waals surface area contributed by atoms with Crippen molar-refractivity contribution in [2.75, 3.05) is 6.61 Å². The maximum atomic E-state index is 12.2. The van der Waals surface area contributed by atoms with Crippen LogP contribution >= 0.6 is 23.1 Å². The summed E-state index contributed by atoms with van der Waals surface area (Å²) in [6, 6.07) is 1.79. The van der Waals surface area contributed by atoms with E-state index in [1.54, 1.807) is 5.41 Å². The normalized spacial score (nSPS) is 26.1. The minimum Gasteiger partial charge on any atom is -0.479 e. The van der Waals surface area contributed by atoms with Gasteiger partial charge in [0.05, 0.1) is 13.0 Å². The summed E-state index contributed by atoms with van der Waals surface area (Å²) < 4.78 is 0. The average molecular weight is 354 g/mol. The zero-order valence-corrected chi connectivity index (χ0v) is 13.5. The zero-order valence-electron chi connectivity index (χ0n) is 11.8. The molecule has 7 nitrogen and oxygen atoms in total. The number of carbonyl (C=O) groups excluding carboxylic acids is 2. The summed E-state index contributed by atoms with van der Waals surface area (Å²) in [5.41, 5.74) is 0.274. The third kappa shape index (κ3) is 2.87. The van der Waals surface area contributed by atoms with Crippen molar-refractivity contribution < 1.29 is 24.6 Å². The van der Waals surface area contributed by atoms with Crippen molar-refractivity contribution in [1.82, 2.24) is 10.2 Å². The molecule has 2 amide bonds. The molecule has 1 aromatic rings. The van der Waals surface area contributed by atoms with E-state index in [2.05, 4.69) is 5.32 Å². The number of thiophene rings is 1. The lowest BCUT2D eigenvalue weighted by Gasteiger charge is -2.51. The van der Waals surface area contributed by atoms with Gasteiger partial charge < -0.3 is 20.4 Å². The fourth-order valence-electron chi connectivity index (χ4n) is 2.64. The maximum Gasteiger partial charge on any atom is 0.330 e. The summed E-state index contributed by atoms with van der Waals surface area (Å²) >= 11 is 2.69. The summed E-state index contributed by atoms with van der Waals surface area (Å²) in [5, 5.41) is 24.2. The van der Waals surface area contributed by atoms with E-state index in [0.29, 0.717) is 0 Å². The number of nitrogens with zero attached hydrogens (tertiary/aromatic N) is 1. The van der Waals surface area contributed by atoms with E-state index >= 15 is 0 Å². The molecule has 3 heterocycles. The number of aliphatic hydroxyl groups excluding tert-OH is 1. The van der Waals surface area contributed by atoms with Crippen LogP contribution in [0.4, 0.5) is 0 Å². The molecule has 122 valence electrons. The van der Waals surface area contributed by atoms with E-state index < -0.39 is 35.9 Å². The average Bonchev–Trinajstić information content (AvgIpc) is 3.03. The lowest BCUT2D eigenvalue weighted by atomic mass is 9.98. The van der Waals surface area contributed by atoms with Crippen molar-refractivity contribution in [1.29, 1.82) is 0 Å². The SMILES string of the molecule is O=C(Cc1cccs1)N[C@@H]1C(=O)N2[C@@H](C(=O)O)C(CO)=CS[C@H]12. The molecule has 3 atom stereocenters. The van der Waals surface area contributed by atoms with Gasteiger partial charge in [0.25, 0.3) is 0 Å². The van der Waals surface area contributed by atoms with Crippen LogP contribution in [0.15, 0.2) is 28.5 Å². The van der Waals surface area contributed by atoms with E-state index in [1.165, 1.54) is 28.0 Å². The molecule has 1 fully saturated rings. The molecule has 1 aromatic heterocycles. The third-order valence-corrected chi connectivity index (χ3v) is 5.81. The highest BCUT2D eigenvalue weighted by Crippen LogP contribution is 2.39. The smallest absolute Gasteiger partial charge is 0.330 e. The maximum absolute atomic E-state index is 12.2. The van der Waals surface area contributed by atoms with Crippen LogP contribution in [-0.4, -0.2) is 57.0 Å². The second-order valence-corrected chi connectivity index (χ2v) is 7.19. The lowest BCUT2D eigenvalue weighted by molar-refractivity contribution is -0.160. The predicted molar refractivity (Wildman–Crippen MR) is 84.8 cm³/mol. The number of hydrogen-bond acceptors (Lipinski definition) is 6. The number of amides is 2.